The van der Waals surface area contributed by atoms with E-state index in [2.05, 4.69) is 5.32 Å². The van der Waals surface area contributed by atoms with E-state index in [0.29, 0.717) is 10.0 Å². The van der Waals surface area contributed by atoms with Gasteiger partial charge >= 0.3 is 5.97 Å². The number of primary amides is 1. The van der Waals surface area contributed by atoms with Crippen molar-refractivity contribution in [3.8, 4) is 0 Å². The summed E-state index contributed by atoms with van der Waals surface area (Å²) in [5.74, 6) is -2.03. The molecule has 0 aliphatic rings. The number of hydrogen-bond acceptors (Lipinski definition) is 5. The molecule has 0 atom stereocenters. The first-order valence-corrected chi connectivity index (χ1v) is 7.81. The monoisotopic (exact) mass is 372 g/mol. The second-order valence-corrected chi connectivity index (χ2v) is 6.04. The number of amides is 2. The van der Waals surface area contributed by atoms with Gasteiger partial charge in [0, 0.05) is 5.02 Å². The zero-order chi connectivity index (χ0) is 17.0. The van der Waals surface area contributed by atoms with Gasteiger partial charge in [-0.15, -0.1) is 11.3 Å². The van der Waals surface area contributed by atoms with E-state index in [1.165, 1.54) is 24.3 Å². The highest BCUT2D eigenvalue weighted by Gasteiger charge is 2.16. The van der Waals surface area contributed by atoms with Gasteiger partial charge < -0.3 is 15.8 Å². The average Bonchev–Trinajstić information content (AvgIpc) is 2.93. The maximum atomic E-state index is 11.9. The minimum atomic E-state index is -0.761. The maximum absolute atomic E-state index is 11.9. The molecular weight excluding hydrogens is 363 g/mol. The Morgan fingerprint density at radius 2 is 1.91 bits per heavy atom. The van der Waals surface area contributed by atoms with Crippen molar-refractivity contribution in [2.24, 2.45) is 5.73 Å². The summed E-state index contributed by atoms with van der Waals surface area (Å²) in [7, 11) is 0. The van der Waals surface area contributed by atoms with Crippen LogP contribution in [0.5, 0.6) is 0 Å². The Morgan fingerprint density at radius 3 is 2.57 bits per heavy atom. The minimum Gasteiger partial charge on any atom is -0.452 e. The number of hydrogen-bond donors (Lipinski definition) is 2. The van der Waals surface area contributed by atoms with E-state index in [0.717, 1.165) is 11.3 Å². The fraction of sp³-hybridized carbons (Fsp3) is 0.0714. The van der Waals surface area contributed by atoms with Crippen molar-refractivity contribution in [2.45, 2.75) is 0 Å². The molecule has 1 aromatic carbocycles. The maximum Gasteiger partial charge on any atom is 0.340 e. The van der Waals surface area contributed by atoms with Crippen molar-refractivity contribution < 1.29 is 19.1 Å². The minimum absolute atomic E-state index is 0.0952. The van der Waals surface area contributed by atoms with Crippen LogP contribution in [0.3, 0.4) is 0 Å². The molecule has 1 aromatic heterocycles. The van der Waals surface area contributed by atoms with Crippen LogP contribution in [-0.2, 0) is 9.53 Å². The quantitative estimate of drug-likeness (QED) is 0.788. The number of halogens is 2. The van der Waals surface area contributed by atoms with E-state index in [1.807, 2.05) is 0 Å². The van der Waals surface area contributed by atoms with Crippen molar-refractivity contribution in [3.05, 3.63) is 50.8 Å². The number of rotatable bonds is 5. The van der Waals surface area contributed by atoms with Crippen molar-refractivity contribution in [1.82, 2.24) is 0 Å². The van der Waals surface area contributed by atoms with Crippen LogP contribution >= 0.6 is 34.5 Å². The molecule has 2 amide bonds. The number of ether oxygens (including phenoxy) is 1. The average molecular weight is 373 g/mol. The predicted molar refractivity (Wildman–Crippen MR) is 88.2 cm³/mol. The zero-order valence-corrected chi connectivity index (χ0v) is 13.8. The molecule has 0 fully saturated rings. The Kier molecular flexibility index (Phi) is 5.59. The molecule has 3 N–H and O–H groups in total. The number of carbonyl (C=O) groups excluding carboxylic acids is 3. The molecule has 0 aliphatic carbocycles. The van der Waals surface area contributed by atoms with Gasteiger partial charge in [-0.3, -0.25) is 9.59 Å². The van der Waals surface area contributed by atoms with Gasteiger partial charge in [-0.1, -0.05) is 23.2 Å². The number of anilines is 1. The lowest BCUT2D eigenvalue weighted by atomic mass is 10.2. The fourth-order valence-corrected chi connectivity index (χ4v) is 2.92. The predicted octanol–water partition coefficient (Wildman–Crippen LogP) is 2.95. The van der Waals surface area contributed by atoms with Gasteiger partial charge in [-0.25, -0.2) is 4.79 Å². The lowest BCUT2D eigenvalue weighted by molar-refractivity contribution is -0.119. The molecular formula is C14H10Cl2N2O4S. The Hall–Kier alpha value is -2.09. The van der Waals surface area contributed by atoms with Gasteiger partial charge in [0.05, 0.1) is 16.1 Å². The van der Waals surface area contributed by atoms with Crippen LogP contribution in [0.1, 0.15) is 20.7 Å². The summed E-state index contributed by atoms with van der Waals surface area (Å²) in [5.41, 5.74) is 5.45. The highest BCUT2D eigenvalue weighted by atomic mass is 35.5. The highest BCUT2D eigenvalue weighted by Crippen LogP contribution is 2.23. The number of thiophene rings is 1. The molecule has 0 unspecified atom stereocenters. The third kappa shape index (κ3) is 4.44. The summed E-state index contributed by atoms with van der Waals surface area (Å²) in [6, 6.07) is 5.76. The number of esters is 1. The molecule has 0 spiro atoms. The van der Waals surface area contributed by atoms with Crippen molar-refractivity contribution >= 4 is 57.3 Å². The fourth-order valence-electron chi connectivity index (χ4n) is 1.63. The second kappa shape index (κ2) is 7.45. The van der Waals surface area contributed by atoms with Crippen LogP contribution in [0, 0.1) is 0 Å². The summed E-state index contributed by atoms with van der Waals surface area (Å²) in [5, 5.41) is 4.85. The largest absolute Gasteiger partial charge is 0.452 e. The van der Waals surface area contributed by atoms with E-state index in [9.17, 15) is 14.4 Å². The molecule has 0 radical (unpaired) electrons. The van der Waals surface area contributed by atoms with Gasteiger partial charge in [0.1, 0.15) is 5.00 Å². The number of nitrogens with two attached hydrogens (primary N) is 1. The molecule has 0 aliphatic heterocycles. The summed E-state index contributed by atoms with van der Waals surface area (Å²) in [6.45, 7) is -0.534. The molecule has 2 aromatic rings. The molecule has 120 valence electrons. The Balaban J connectivity index is 1.95. The molecule has 0 bridgehead atoms. The smallest absolute Gasteiger partial charge is 0.340 e. The highest BCUT2D eigenvalue weighted by molar-refractivity contribution is 7.14. The number of benzene rings is 1. The zero-order valence-electron chi connectivity index (χ0n) is 11.5. The summed E-state index contributed by atoms with van der Waals surface area (Å²) in [4.78, 5) is 34.8. The first-order valence-electron chi connectivity index (χ1n) is 6.18. The first-order chi connectivity index (χ1) is 10.9. The standard InChI is InChI=1S/C14H10Cl2N2O4S/c15-7-1-2-8(10(16)5-7)14(21)22-6-11(19)18-13-9(12(17)20)3-4-23-13/h1-5H,6H2,(H2,17,20)(H,18,19). The lowest BCUT2D eigenvalue weighted by Gasteiger charge is -2.07. The Bertz CT molecular complexity index is 776. The van der Waals surface area contributed by atoms with E-state index in [4.69, 9.17) is 33.7 Å². The van der Waals surface area contributed by atoms with Gasteiger partial charge in [-0.05, 0) is 29.6 Å². The topological polar surface area (TPSA) is 98.5 Å². The van der Waals surface area contributed by atoms with Crippen LogP contribution in [0.4, 0.5) is 5.00 Å². The molecule has 23 heavy (non-hydrogen) atoms. The molecule has 1 heterocycles. The normalized spacial score (nSPS) is 10.2. The van der Waals surface area contributed by atoms with Gasteiger partial charge in [0.15, 0.2) is 6.61 Å². The molecule has 0 saturated carbocycles. The van der Waals surface area contributed by atoms with Crippen LogP contribution in [-0.4, -0.2) is 24.4 Å². The molecule has 2 rings (SSSR count). The van der Waals surface area contributed by atoms with E-state index in [-0.39, 0.29) is 16.1 Å². The van der Waals surface area contributed by atoms with Crippen LogP contribution in [0.15, 0.2) is 29.6 Å². The Morgan fingerprint density at radius 1 is 1.17 bits per heavy atom. The van der Waals surface area contributed by atoms with Gasteiger partial charge in [-0.2, -0.15) is 0 Å². The molecule has 9 heteroatoms. The van der Waals surface area contributed by atoms with Crippen LogP contribution in [0.2, 0.25) is 10.0 Å². The van der Waals surface area contributed by atoms with Crippen LogP contribution in [0.25, 0.3) is 0 Å². The van der Waals surface area contributed by atoms with Gasteiger partial charge in [0.25, 0.3) is 11.8 Å². The third-order valence-corrected chi connectivity index (χ3v) is 4.05. The third-order valence-electron chi connectivity index (χ3n) is 2.67. The molecule has 6 nitrogen and oxygen atoms in total. The van der Waals surface area contributed by atoms with Gasteiger partial charge in [0.2, 0.25) is 0 Å². The van der Waals surface area contributed by atoms with E-state index >= 15 is 0 Å². The first kappa shape index (κ1) is 17.3. The SMILES string of the molecule is NC(=O)c1ccsc1NC(=O)COC(=O)c1ccc(Cl)cc1Cl. The van der Waals surface area contributed by atoms with Crippen molar-refractivity contribution in [3.63, 3.8) is 0 Å². The number of nitrogens with one attached hydrogen (secondary N) is 1. The summed E-state index contributed by atoms with van der Waals surface area (Å²) >= 11 is 12.7. The summed E-state index contributed by atoms with van der Waals surface area (Å²) in [6.07, 6.45) is 0. The Labute approximate surface area is 145 Å². The van der Waals surface area contributed by atoms with E-state index < -0.39 is 24.4 Å². The van der Waals surface area contributed by atoms with Crippen molar-refractivity contribution in [1.29, 1.82) is 0 Å². The van der Waals surface area contributed by atoms with Crippen molar-refractivity contribution in [2.75, 3.05) is 11.9 Å². The molecule has 0 saturated heterocycles. The lowest BCUT2D eigenvalue weighted by Crippen LogP contribution is -2.22. The van der Waals surface area contributed by atoms with Crippen LogP contribution < -0.4 is 11.1 Å². The second-order valence-electron chi connectivity index (χ2n) is 4.28. The number of carbonyl (C=O) groups is 3. The summed E-state index contributed by atoms with van der Waals surface area (Å²) < 4.78 is 4.87. The van der Waals surface area contributed by atoms with E-state index in [1.54, 1.807) is 5.38 Å².